The van der Waals surface area contributed by atoms with Gasteiger partial charge in [-0.15, -0.1) is 11.8 Å². The summed E-state index contributed by atoms with van der Waals surface area (Å²) in [7, 11) is 0. The van der Waals surface area contributed by atoms with Crippen LogP contribution in [0.15, 0.2) is 57.8 Å². The van der Waals surface area contributed by atoms with Gasteiger partial charge in [0.05, 0.1) is 0 Å². The van der Waals surface area contributed by atoms with Crippen LogP contribution in [-0.2, 0) is 0 Å². The monoisotopic (exact) mass is 322 g/mol. The largest absolute Gasteiger partial charge is 0.458 e. The normalized spacial score (nSPS) is 12.7. The minimum atomic E-state index is -0.760. The van der Waals surface area contributed by atoms with E-state index < -0.39 is 6.10 Å². The molecule has 0 aliphatic carbocycles. The molecule has 0 saturated heterocycles. The Morgan fingerprint density at radius 3 is 2.86 bits per heavy atom. The summed E-state index contributed by atoms with van der Waals surface area (Å²) < 4.78 is 18.7. The zero-order chi connectivity index (χ0) is 14.8. The zero-order valence-electron chi connectivity index (χ0n) is 10.9. The number of rotatable bonds is 4. The van der Waals surface area contributed by atoms with Gasteiger partial charge < -0.3 is 9.52 Å². The molecule has 108 valence electrons. The molecule has 3 rings (SSSR count). The van der Waals surface area contributed by atoms with E-state index in [1.54, 1.807) is 36.4 Å². The van der Waals surface area contributed by atoms with E-state index in [-0.39, 0.29) is 5.82 Å². The molecule has 0 aliphatic rings. The number of thioether (sulfide) groups is 1. The Bertz CT molecular complexity index is 772. The first kappa shape index (κ1) is 14.4. The number of aliphatic hydroxyl groups excluding tert-OH is 1. The molecule has 21 heavy (non-hydrogen) atoms. The van der Waals surface area contributed by atoms with E-state index in [2.05, 4.69) is 0 Å². The van der Waals surface area contributed by atoms with E-state index in [0.29, 0.717) is 22.1 Å². The predicted octanol–water partition coefficient (Wildman–Crippen LogP) is 5.05. The Labute approximate surface area is 130 Å². The summed E-state index contributed by atoms with van der Waals surface area (Å²) in [6.45, 7) is 0. The van der Waals surface area contributed by atoms with Crippen molar-refractivity contribution in [1.29, 1.82) is 0 Å². The van der Waals surface area contributed by atoms with Crippen LogP contribution < -0.4 is 0 Å². The van der Waals surface area contributed by atoms with E-state index in [1.807, 2.05) is 0 Å². The van der Waals surface area contributed by atoms with E-state index in [4.69, 9.17) is 16.0 Å². The van der Waals surface area contributed by atoms with Crippen LogP contribution in [0.5, 0.6) is 0 Å². The first-order chi connectivity index (χ1) is 10.1. The summed E-state index contributed by atoms with van der Waals surface area (Å²) >= 11 is 7.29. The standard InChI is InChI=1S/C16H12ClFO2S/c17-11-4-5-15-10(6-11)7-16(20-15)14(19)9-21-13-3-1-2-12(18)8-13/h1-8,14,19H,9H2. The molecule has 0 spiro atoms. The van der Waals surface area contributed by atoms with Crippen LogP contribution in [-0.4, -0.2) is 10.9 Å². The summed E-state index contributed by atoms with van der Waals surface area (Å²) in [4.78, 5) is 0.771. The van der Waals surface area contributed by atoms with Crippen molar-refractivity contribution in [2.45, 2.75) is 11.0 Å². The van der Waals surface area contributed by atoms with Crippen LogP contribution in [0.4, 0.5) is 4.39 Å². The Hall–Kier alpha value is -1.49. The highest BCUT2D eigenvalue weighted by molar-refractivity contribution is 7.99. The lowest BCUT2D eigenvalue weighted by Crippen LogP contribution is -1.98. The molecule has 2 nitrogen and oxygen atoms in total. The van der Waals surface area contributed by atoms with Crippen LogP contribution in [0.1, 0.15) is 11.9 Å². The second-order valence-corrected chi connectivity index (χ2v) is 6.14. The molecule has 1 aromatic heterocycles. The van der Waals surface area contributed by atoms with E-state index in [9.17, 15) is 9.50 Å². The number of fused-ring (bicyclic) bond motifs is 1. The van der Waals surface area contributed by atoms with Gasteiger partial charge in [0.1, 0.15) is 23.3 Å². The van der Waals surface area contributed by atoms with Gasteiger partial charge in [0, 0.05) is 21.1 Å². The average Bonchev–Trinajstić information content (AvgIpc) is 2.88. The second kappa shape index (κ2) is 6.10. The van der Waals surface area contributed by atoms with Crippen molar-refractivity contribution in [2.75, 3.05) is 5.75 Å². The van der Waals surface area contributed by atoms with Gasteiger partial charge in [0.2, 0.25) is 0 Å². The molecule has 0 radical (unpaired) electrons. The van der Waals surface area contributed by atoms with Gasteiger partial charge in [-0.2, -0.15) is 0 Å². The van der Waals surface area contributed by atoms with Crippen LogP contribution in [0.3, 0.4) is 0 Å². The summed E-state index contributed by atoms with van der Waals surface area (Å²) in [5.41, 5.74) is 0.684. The minimum absolute atomic E-state index is 0.284. The first-order valence-electron chi connectivity index (χ1n) is 6.37. The fraction of sp³-hybridized carbons (Fsp3) is 0.125. The summed E-state index contributed by atoms with van der Waals surface area (Å²) in [6.07, 6.45) is -0.760. The summed E-state index contributed by atoms with van der Waals surface area (Å²) in [6, 6.07) is 13.4. The highest BCUT2D eigenvalue weighted by Crippen LogP contribution is 2.30. The van der Waals surface area contributed by atoms with Crippen molar-refractivity contribution in [3.05, 3.63) is 65.1 Å². The fourth-order valence-electron chi connectivity index (χ4n) is 2.01. The van der Waals surface area contributed by atoms with Crippen molar-refractivity contribution in [1.82, 2.24) is 0 Å². The molecule has 0 saturated carbocycles. The third-order valence-corrected chi connectivity index (χ3v) is 4.33. The third-order valence-electron chi connectivity index (χ3n) is 3.03. The zero-order valence-corrected chi connectivity index (χ0v) is 12.5. The van der Waals surface area contributed by atoms with Crippen LogP contribution >= 0.6 is 23.4 Å². The lowest BCUT2D eigenvalue weighted by atomic mass is 10.2. The molecular weight excluding hydrogens is 311 g/mol. The fourth-order valence-corrected chi connectivity index (χ4v) is 3.08. The molecule has 0 fully saturated rings. The average molecular weight is 323 g/mol. The molecule has 0 amide bonds. The van der Waals surface area contributed by atoms with Gasteiger partial charge in [-0.3, -0.25) is 0 Å². The molecule has 1 N–H and O–H groups in total. The molecule has 1 atom stereocenters. The smallest absolute Gasteiger partial charge is 0.134 e. The number of aliphatic hydroxyl groups is 1. The number of furan rings is 1. The highest BCUT2D eigenvalue weighted by atomic mass is 35.5. The van der Waals surface area contributed by atoms with E-state index in [1.165, 1.54) is 23.9 Å². The van der Waals surface area contributed by atoms with Gasteiger partial charge in [-0.1, -0.05) is 17.7 Å². The van der Waals surface area contributed by atoms with Crippen molar-refractivity contribution >= 4 is 34.3 Å². The van der Waals surface area contributed by atoms with Gasteiger partial charge >= 0.3 is 0 Å². The van der Waals surface area contributed by atoms with E-state index in [0.717, 1.165) is 10.3 Å². The topological polar surface area (TPSA) is 33.4 Å². The second-order valence-electron chi connectivity index (χ2n) is 4.62. The number of hydrogen-bond acceptors (Lipinski definition) is 3. The predicted molar refractivity (Wildman–Crippen MR) is 83.3 cm³/mol. The maximum absolute atomic E-state index is 13.1. The van der Waals surface area contributed by atoms with E-state index >= 15 is 0 Å². The van der Waals surface area contributed by atoms with Crippen molar-refractivity contribution in [2.24, 2.45) is 0 Å². The summed E-state index contributed by atoms with van der Waals surface area (Å²) in [5, 5.41) is 11.7. The number of benzene rings is 2. The van der Waals surface area contributed by atoms with Gasteiger partial charge in [0.15, 0.2) is 0 Å². The Balaban J connectivity index is 1.73. The van der Waals surface area contributed by atoms with Gasteiger partial charge in [0.25, 0.3) is 0 Å². The molecule has 0 aliphatic heterocycles. The van der Waals surface area contributed by atoms with Crippen LogP contribution in [0.2, 0.25) is 5.02 Å². The number of hydrogen-bond donors (Lipinski definition) is 1. The SMILES string of the molecule is OC(CSc1cccc(F)c1)c1cc2cc(Cl)ccc2o1. The molecule has 3 aromatic rings. The molecule has 2 aromatic carbocycles. The van der Waals surface area contributed by atoms with Crippen molar-refractivity contribution in [3.8, 4) is 0 Å². The quantitative estimate of drug-likeness (QED) is 0.682. The first-order valence-corrected chi connectivity index (χ1v) is 7.73. The molecular formula is C16H12ClFO2S. The minimum Gasteiger partial charge on any atom is -0.458 e. The highest BCUT2D eigenvalue weighted by Gasteiger charge is 2.14. The van der Waals surface area contributed by atoms with Gasteiger partial charge in [-0.25, -0.2) is 4.39 Å². The van der Waals surface area contributed by atoms with Crippen molar-refractivity contribution in [3.63, 3.8) is 0 Å². The molecule has 0 bridgehead atoms. The number of halogens is 2. The Morgan fingerprint density at radius 2 is 2.05 bits per heavy atom. The van der Waals surface area contributed by atoms with Gasteiger partial charge in [-0.05, 0) is 42.5 Å². The lowest BCUT2D eigenvalue weighted by Gasteiger charge is -2.07. The lowest BCUT2D eigenvalue weighted by molar-refractivity contribution is 0.177. The van der Waals surface area contributed by atoms with Crippen LogP contribution in [0, 0.1) is 5.82 Å². The molecule has 1 unspecified atom stereocenters. The maximum Gasteiger partial charge on any atom is 0.134 e. The third kappa shape index (κ3) is 3.40. The van der Waals surface area contributed by atoms with Crippen molar-refractivity contribution < 1.29 is 13.9 Å². The Morgan fingerprint density at radius 1 is 1.19 bits per heavy atom. The van der Waals surface area contributed by atoms with Crippen LogP contribution in [0.25, 0.3) is 11.0 Å². The summed E-state index contributed by atoms with van der Waals surface area (Å²) in [5.74, 6) is 0.584. The maximum atomic E-state index is 13.1. The Kier molecular flexibility index (Phi) is 4.19. The molecule has 5 heteroatoms. The molecule has 1 heterocycles.